The molecule has 3 unspecified atom stereocenters. The van der Waals surface area contributed by atoms with Gasteiger partial charge in [0.1, 0.15) is 0 Å². The second-order valence-corrected chi connectivity index (χ2v) is 6.35. The van der Waals surface area contributed by atoms with E-state index in [2.05, 4.69) is 35.8 Å². The number of hydrogen-bond acceptors (Lipinski definition) is 3. The highest BCUT2D eigenvalue weighted by molar-refractivity contribution is 5.40. The van der Waals surface area contributed by atoms with Crippen molar-refractivity contribution in [1.82, 2.24) is 15.1 Å². The Bertz CT molecular complexity index is 406. The highest BCUT2D eigenvalue weighted by atomic mass is 15.3. The Hall–Kier alpha value is -1.03. The van der Waals surface area contributed by atoms with E-state index >= 15 is 0 Å². The molecule has 19 heavy (non-hydrogen) atoms. The van der Waals surface area contributed by atoms with Gasteiger partial charge in [0, 0.05) is 24.3 Å². The van der Waals surface area contributed by atoms with Gasteiger partial charge in [-0.1, -0.05) is 6.42 Å². The topological polar surface area (TPSA) is 41.9 Å². The number of nitrogens with one attached hydrogen (secondary N) is 2. The van der Waals surface area contributed by atoms with Crippen LogP contribution in [0.3, 0.4) is 0 Å². The molecule has 0 radical (unpaired) electrons. The van der Waals surface area contributed by atoms with Gasteiger partial charge in [0.05, 0.1) is 11.9 Å². The zero-order chi connectivity index (χ0) is 13.2. The summed E-state index contributed by atoms with van der Waals surface area (Å²) in [5.41, 5.74) is 1.18. The van der Waals surface area contributed by atoms with E-state index < -0.39 is 0 Å². The Labute approximate surface area is 116 Å². The first-order valence-electron chi connectivity index (χ1n) is 7.78. The minimum Gasteiger partial charge on any atom is -0.379 e. The monoisotopic (exact) mass is 262 g/mol. The van der Waals surface area contributed by atoms with Crippen LogP contribution in [-0.2, 0) is 0 Å². The van der Waals surface area contributed by atoms with Crippen molar-refractivity contribution in [3.05, 3.63) is 12.4 Å². The second kappa shape index (κ2) is 5.53. The third kappa shape index (κ3) is 2.78. The number of hydrogen-bond donors (Lipinski definition) is 2. The van der Waals surface area contributed by atoms with E-state index in [0.717, 1.165) is 12.0 Å². The summed E-state index contributed by atoms with van der Waals surface area (Å²) in [7, 11) is 0. The minimum atomic E-state index is 0.437. The van der Waals surface area contributed by atoms with Crippen molar-refractivity contribution in [3.63, 3.8) is 0 Å². The zero-order valence-electron chi connectivity index (χ0n) is 12.1. The van der Waals surface area contributed by atoms with E-state index in [9.17, 15) is 0 Å². The summed E-state index contributed by atoms with van der Waals surface area (Å²) in [4.78, 5) is 0. The Morgan fingerprint density at radius 3 is 2.89 bits per heavy atom. The van der Waals surface area contributed by atoms with Crippen LogP contribution in [0, 0.1) is 5.92 Å². The average Bonchev–Trinajstić information content (AvgIpc) is 3.09. The lowest BCUT2D eigenvalue weighted by atomic mass is 9.93. The van der Waals surface area contributed by atoms with Crippen LogP contribution in [0.25, 0.3) is 0 Å². The van der Waals surface area contributed by atoms with Crippen LogP contribution in [-0.4, -0.2) is 28.4 Å². The van der Waals surface area contributed by atoms with Crippen molar-refractivity contribution in [2.45, 2.75) is 64.1 Å². The molecule has 1 aliphatic heterocycles. The standard InChI is InChI=1S/C15H26N4/c1-11(2)19-10-12(9-17-19)18-15-6-3-5-13(15)14-7-4-8-16-14/h9-11,13-16,18H,3-8H2,1-2H3. The third-order valence-corrected chi connectivity index (χ3v) is 4.67. The molecule has 3 atom stereocenters. The van der Waals surface area contributed by atoms with E-state index in [0.29, 0.717) is 12.1 Å². The maximum Gasteiger partial charge on any atom is 0.0728 e. The van der Waals surface area contributed by atoms with Crippen molar-refractivity contribution in [3.8, 4) is 0 Å². The van der Waals surface area contributed by atoms with Gasteiger partial charge in [-0.2, -0.15) is 5.10 Å². The highest BCUT2D eigenvalue weighted by Crippen LogP contribution is 2.33. The molecule has 2 heterocycles. The van der Waals surface area contributed by atoms with Crippen molar-refractivity contribution < 1.29 is 0 Å². The molecular formula is C15H26N4. The molecular weight excluding hydrogens is 236 g/mol. The summed E-state index contributed by atoms with van der Waals surface area (Å²) in [5, 5.41) is 11.8. The molecule has 1 aromatic rings. The molecule has 0 spiro atoms. The Kier molecular flexibility index (Phi) is 3.78. The van der Waals surface area contributed by atoms with Crippen LogP contribution < -0.4 is 10.6 Å². The molecule has 2 fully saturated rings. The van der Waals surface area contributed by atoms with Crippen LogP contribution in [0.15, 0.2) is 12.4 Å². The molecule has 0 amide bonds. The van der Waals surface area contributed by atoms with Gasteiger partial charge < -0.3 is 10.6 Å². The third-order valence-electron chi connectivity index (χ3n) is 4.67. The molecule has 3 rings (SSSR count). The first-order chi connectivity index (χ1) is 9.24. The number of nitrogens with zero attached hydrogens (tertiary/aromatic N) is 2. The fourth-order valence-corrected chi connectivity index (χ4v) is 3.64. The van der Waals surface area contributed by atoms with Gasteiger partial charge in [0.2, 0.25) is 0 Å². The van der Waals surface area contributed by atoms with Gasteiger partial charge in [-0.25, -0.2) is 0 Å². The molecule has 1 aromatic heterocycles. The van der Waals surface area contributed by atoms with Crippen molar-refractivity contribution in [1.29, 1.82) is 0 Å². The summed E-state index contributed by atoms with van der Waals surface area (Å²) < 4.78 is 2.03. The Morgan fingerprint density at radius 2 is 2.21 bits per heavy atom. The zero-order valence-corrected chi connectivity index (χ0v) is 12.1. The van der Waals surface area contributed by atoms with Gasteiger partial charge in [0.25, 0.3) is 0 Å². The molecule has 2 aliphatic rings. The first-order valence-corrected chi connectivity index (χ1v) is 7.78. The summed E-state index contributed by atoms with van der Waals surface area (Å²) in [6, 6.07) is 1.80. The fourth-order valence-electron chi connectivity index (χ4n) is 3.64. The quantitative estimate of drug-likeness (QED) is 0.877. The van der Waals surface area contributed by atoms with E-state index in [4.69, 9.17) is 0 Å². The van der Waals surface area contributed by atoms with Crippen LogP contribution >= 0.6 is 0 Å². The van der Waals surface area contributed by atoms with Crippen molar-refractivity contribution >= 4 is 5.69 Å². The Morgan fingerprint density at radius 1 is 1.32 bits per heavy atom. The van der Waals surface area contributed by atoms with Crippen LogP contribution in [0.5, 0.6) is 0 Å². The SMILES string of the molecule is CC(C)n1cc(NC2CCCC2C2CCCN2)cn1. The van der Waals surface area contributed by atoms with Crippen molar-refractivity contribution in [2.24, 2.45) is 5.92 Å². The molecule has 1 aliphatic carbocycles. The van der Waals surface area contributed by atoms with Gasteiger partial charge in [-0.3, -0.25) is 4.68 Å². The summed E-state index contributed by atoms with van der Waals surface area (Å²) in [5.74, 6) is 0.796. The maximum absolute atomic E-state index is 4.42. The molecule has 0 bridgehead atoms. The Balaban J connectivity index is 1.64. The average molecular weight is 262 g/mol. The lowest BCUT2D eigenvalue weighted by Crippen LogP contribution is -2.38. The van der Waals surface area contributed by atoms with E-state index in [1.807, 2.05) is 10.9 Å². The molecule has 0 aromatic carbocycles. The molecule has 1 saturated heterocycles. The van der Waals surface area contributed by atoms with Gasteiger partial charge in [0.15, 0.2) is 0 Å². The smallest absolute Gasteiger partial charge is 0.0728 e. The van der Waals surface area contributed by atoms with E-state index in [1.54, 1.807) is 0 Å². The van der Waals surface area contributed by atoms with E-state index in [1.165, 1.54) is 44.3 Å². The normalized spacial score (nSPS) is 31.2. The lowest BCUT2D eigenvalue weighted by molar-refractivity contribution is 0.376. The summed E-state index contributed by atoms with van der Waals surface area (Å²) in [6.07, 6.45) is 10.8. The number of aromatic nitrogens is 2. The predicted octanol–water partition coefficient (Wildman–Crippen LogP) is 2.80. The second-order valence-electron chi connectivity index (χ2n) is 6.35. The fraction of sp³-hybridized carbons (Fsp3) is 0.800. The molecule has 4 heteroatoms. The first kappa shape index (κ1) is 13.0. The summed E-state index contributed by atoms with van der Waals surface area (Å²) >= 11 is 0. The number of rotatable bonds is 4. The summed E-state index contributed by atoms with van der Waals surface area (Å²) in [6.45, 7) is 5.54. The van der Waals surface area contributed by atoms with Gasteiger partial charge in [-0.15, -0.1) is 0 Å². The number of anilines is 1. The van der Waals surface area contributed by atoms with Crippen LogP contribution in [0.1, 0.15) is 52.0 Å². The van der Waals surface area contributed by atoms with E-state index in [-0.39, 0.29) is 0 Å². The maximum atomic E-state index is 4.42. The van der Waals surface area contributed by atoms with Gasteiger partial charge in [-0.05, 0) is 52.0 Å². The molecule has 1 saturated carbocycles. The van der Waals surface area contributed by atoms with Crippen LogP contribution in [0.4, 0.5) is 5.69 Å². The molecule has 4 nitrogen and oxygen atoms in total. The highest BCUT2D eigenvalue weighted by Gasteiger charge is 2.34. The molecule has 2 N–H and O–H groups in total. The van der Waals surface area contributed by atoms with Gasteiger partial charge >= 0.3 is 0 Å². The van der Waals surface area contributed by atoms with Crippen molar-refractivity contribution in [2.75, 3.05) is 11.9 Å². The largest absolute Gasteiger partial charge is 0.379 e. The predicted molar refractivity (Wildman–Crippen MR) is 78.4 cm³/mol. The lowest BCUT2D eigenvalue weighted by Gasteiger charge is -2.26. The molecule has 106 valence electrons. The van der Waals surface area contributed by atoms with Crippen LogP contribution in [0.2, 0.25) is 0 Å². The minimum absolute atomic E-state index is 0.437.